The number of H-pyrrole nitrogens is 1. The SMILES string of the molecule is CCCCCCCSc1n[n+]2c(c(=O)[nH]1)-c1ccccc1N[C@H]2c1ccc(C(=O)O)cc1. The van der Waals surface area contributed by atoms with Gasteiger partial charge in [0, 0.05) is 16.4 Å². The van der Waals surface area contributed by atoms with Crippen LogP contribution in [-0.2, 0) is 0 Å². The monoisotopic (exact) mass is 451 g/mol. The van der Waals surface area contributed by atoms with E-state index in [-0.39, 0.29) is 11.1 Å². The van der Waals surface area contributed by atoms with E-state index in [4.69, 9.17) is 5.10 Å². The van der Waals surface area contributed by atoms with E-state index >= 15 is 0 Å². The van der Waals surface area contributed by atoms with Crippen LogP contribution in [-0.4, -0.2) is 26.9 Å². The molecule has 1 aliphatic rings. The second-order valence-corrected chi connectivity index (χ2v) is 8.92. The molecule has 0 radical (unpaired) electrons. The van der Waals surface area contributed by atoms with Crippen molar-refractivity contribution < 1.29 is 14.6 Å². The Hall–Kier alpha value is -3.13. The quantitative estimate of drug-likeness (QED) is 0.252. The molecule has 0 saturated carbocycles. The molecule has 3 N–H and O–H groups in total. The molecule has 4 rings (SSSR count). The van der Waals surface area contributed by atoms with Crippen LogP contribution in [0.2, 0.25) is 0 Å². The number of thioether (sulfide) groups is 1. The number of hydrogen-bond donors (Lipinski definition) is 3. The third-order valence-corrected chi connectivity index (χ3v) is 6.49. The van der Waals surface area contributed by atoms with Gasteiger partial charge in [0.1, 0.15) is 0 Å². The minimum absolute atomic E-state index is 0.186. The van der Waals surface area contributed by atoms with Crippen molar-refractivity contribution in [3.05, 3.63) is 70.0 Å². The van der Waals surface area contributed by atoms with Crippen LogP contribution in [0.1, 0.15) is 61.1 Å². The number of anilines is 1. The number of nitrogens with one attached hydrogen (secondary N) is 2. The molecule has 7 nitrogen and oxygen atoms in total. The third-order valence-electron chi connectivity index (χ3n) is 5.54. The van der Waals surface area contributed by atoms with E-state index in [1.54, 1.807) is 40.7 Å². The highest BCUT2D eigenvalue weighted by Crippen LogP contribution is 2.31. The van der Waals surface area contributed by atoms with Gasteiger partial charge < -0.3 is 10.4 Å². The van der Waals surface area contributed by atoms with Crippen LogP contribution in [0.5, 0.6) is 0 Å². The van der Waals surface area contributed by atoms with E-state index in [2.05, 4.69) is 17.2 Å². The third kappa shape index (κ3) is 4.70. The van der Waals surface area contributed by atoms with Gasteiger partial charge in [-0.25, -0.2) is 4.79 Å². The van der Waals surface area contributed by atoms with Crippen LogP contribution in [0.15, 0.2) is 58.5 Å². The fourth-order valence-electron chi connectivity index (χ4n) is 3.86. The first-order valence-electron chi connectivity index (χ1n) is 11.0. The van der Waals surface area contributed by atoms with Crippen molar-refractivity contribution >= 4 is 23.4 Å². The molecule has 8 heteroatoms. The van der Waals surface area contributed by atoms with Crippen molar-refractivity contribution in [2.75, 3.05) is 11.1 Å². The molecule has 1 aromatic heterocycles. The van der Waals surface area contributed by atoms with Gasteiger partial charge >= 0.3 is 17.2 Å². The van der Waals surface area contributed by atoms with Crippen LogP contribution < -0.4 is 15.6 Å². The molecular formula is C24H27N4O3S+. The van der Waals surface area contributed by atoms with Gasteiger partial charge in [-0.15, -0.1) is 0 Å². The van der Waals surface area contributed by atoms with E-state index in [1.807, 2.05) is 24.3 Å². The smallest absolute Gasteiger partial charge is 0.335 e. The number of aromatic nitrogens is 3. The number of carboxylic acids is 1. The van der Waals surface area contributed by atoms with Gasteiger partial charge in [0.2, 0.25) is 5.16 Å². The van der Waals surface area contributed by atoms with E-state index in [0.29, 0.717) is 10.9 Å². The second kappa shape index (κ2) is 9.99. The summed E-state index contributed by atoms with van der Waals surface area (Å²) in [5.41, 5.74) is 2.96. The standard InChI is InChI=1S/C24H26N4O3S/c1-2-3-4-5-8-15-32-24-26-22(29)20-18-9-6-7-10-19(18)25-21(28(20)27-24)16-11-13-17(14-12-16)23(30)31/h6-7,9-14,21H,2-5,8,15H2,1H3,(H2,26,27,29,30,31)/p+1/t21-/m1/s1. The Morgan fingerprint density at radius 1 is 1.09 bits per heavy atom. The zero-order chi connectivity index (χ0) is 22.5. The predicted octanol–water partition coefficient (Wildman–Crippen LogP) is 4.46. The van der Waals surface area contributed by atoms with E-state index in [9.17, 15) is 14.7 Å². The summed E-state index contributed by atoms with van der Waals surface area (Å²) in [6, 6.07) is 14.3. The van der Waals surface area contributed by atoms with Crippen molar-refractivity contribution in [2.45, 2.75) is 50.4 Å². The maximum atomic E-state index is 13.1. The topological polar surface area (TPSA) is 99.0 Å². The summed E-state index contributed by atoms with van der Waals surface area (Å²) in [5.74, 6) is -0.0766. The number of para-hydroxylation sites is 1. The first-order chi connectivity index (χ1) is 15.6. The minimum atomic E-state index is -0.973. The lowest BCUT2D eigenvalue weighted by atomic mass is 10.0. The van der Waals surface area contributed by atoms with E-state index < -0.39 is 12.1 Å². The molecule has 1 aliphatic heterocycles. The van der Waals surface area contributed by atoms with Crippen molar-refractivity contribution in [1.29, 1.82) is 0 Å². The molecule has 32 heavy (non-hydrogen) atoms. The average molecular weight is 452 g/mol. The Balaban J connectivity index is 1.67. The first-order valence-corrected chi connectivity index (χ1v) is 11.9. The molecule has 0 unspecified atom stereocenters. The molecule has 3 aromatic rings. The Kier molecular flexibility index (Phi) is 6.90. The molecule has 166 valence electrons. The minimum Gasteiger partial charge on any atom is -0.478 e. The average Bonchev–Trinajstić information content (AvgIpc) is 2.80. The first kappa shape index (κ1) is 22.1. The highest BCUT2D eigenvalue weighted by atomic mass is 32.2. The molecule has 0 fully saturated rings. The highest BCUT2D eigenvalue weighted by Gasteiger charge is 2.37. The number of carboxylic acid groups (broad SMARTS) is 1. The number of benzene rings is 2. The lowest BCUT2D eigenvalue weighted by molar-refractivity contribution is -0.759. The predicted molar refractivity (Wildman–Crippen MR) is 125 cm³/mol. The van der Waals surface area contributed by atoms with E-state index in [1.165, 1.54) is 25.7 Å². The number of hydrogen-bond acceptors (Lipinski definition) is 5. The van der Waals surface area contributed by atoms with Gasteiger partial charge in [-0.3, -0.25) is 9.78 Å². The molecule has 0 aliphatic carbocycles. The van der Waals surface area contributed by atoms with Crippen LogP contribution in [0.4, 0.5) is 5.69 Å². The van der Waals surface area contributed by atoms with Gasteiger partial charge in [0.25, 0.3) is 6.17 Å². The summed E-state index contributed by atoms with van der Waals surface area (Å²) in [6.07, 6.45) is 5.53. The fourth-order valence-corrected chi connectivity index (χ4v) is 4.71. The molecular weight excluding hydrogens is 424 g/mol. The van der Waals surface area contributed by atoms with Gasteiger partial charge in [-0.1, -0.05) is 56.5 Å². The summed E-state index contributed by atoms with van der Waals surface area (Å²) in [5, 5.41) is 18.0. The number of rotatable bonds is 9. The zero-order valence-corrected chi connectivity index (χ0v) is 18.8. The lowest BCUT2D eigenvalue weighted by Gasteiger charge is -2.22. The molecule has 0 bridgehead atoms. The van der Waals surface area contributed by atoms with Crippen molar-refractivity contribution in [3.63, 3.8) is 0 Å². The maximum absolute atomic E-state index is 13.1. The zero-order valence-electron chi connectivity index (χ0n) is 18.0. The van der Waals surface area contributed by atoms with Crippen molar-refractivity contribution in [2.24, 2.45) is 0 Å². The number of nitrogens with zero attached hydrogens (tertiary/aromatic N) is 2. The summed E-state index contributed by atoms with van der Waals surface area (Å²) in [6.45, 7) is 2.20. The maximum Gasteiger partial charge on any atom is 0.335 e. The highest BCUT2D eigenvalue weighted by molar-refractivity contribution is 7.99. The summed E-state index contributed by atoms with van der Waals surface area (Å²) in [7, 11) is 0. The lowest BCUT2D eigenvalue weighted by Crippen LogP contribution is -2.55. The summed E-state index contributed by atoms with van der Waals surface area (Å²) in [4.78, 5) is 27.3. The number of aromatic carboxylic acids is 1. The molecule has 0 amide bonds. The fraction of sp³-hybridized carbons (Fsp3) is 0.333. The number of carbonyl (C=O) groups is 1. The summed E-state index contributed by atoms with van der Waals surface area (Å²) < 4.78 is 1.72. The Morgan fingerprint density at radius 2 is 1.84 bits per heavy atom. The molecule has 0 spiro atoms. The number of aromatic amines is 1. The van der Waals surface area contributed by atoms with Gasteiger partial charge in [-0.2, -0.15) is 0 Å². The Bertz CT molecular complexity index is 1160. The number of fused-ring (bicyclic) bond motifs is 3. The van der Waals surface area contributed by atoms with Crippen molar-refractivity contribution in [1.82, 2.24) is 10.1 Å². The van der Waals surface area contributed by atoms with Crippen molar-refractivity contribution in [3.8, 4) is 11.3 Å². The Morgan fingerprint density at radius 3 is 2.59 bits per heavy atom. The largest absolute Gasteiger partial charge is 0.478 e. The normalized spacial score (nSPS) is 14.3. The van der Waals surface area contributed by atoms with Gasteiger partial charge in [0.05, 0.1) is 16.8 Å². The Labute approximate surface area is 190 Å². The molecule has 1 atom stereocenters. The van der Waals surface area contributed by atoms with Gasteiger partial charge in [0.15, 0.2) is 0 Å². The second-order valence-electron chi connectivity index (χ2n) is 7.83. The molecule has 2 heterocycles. The van der Waals surface area contributed by atoms with Crippen LogP contribution >= 0.6 is 11.8 Å². The van der Waals surface area contributed by atoms with Crippen LogP contribution in [0.3, 0.4) is 0 Å². The molecule has 2 aromatic carbocycles. The van der Waals surface area contributed by atoms with E-state index in [0.717, 1.165) is 29.0 Å². The van der Waals surface area contributed by atoms with Gasteiger partial charge in [-0.05, 0) is 47.5 Å². The number of unbranched alkanes of at least 4 members (excludes halogenated alkanes) is 4. The van der Waals surface area contributed by atoms with Crippen LogP contribution in [0.25, 0.3) is 11.3 Å². The van der Waals surface area contributed by atoms with Crippen LogP contribution in [0, 0.1) is 0 Å². The summed E-state index contributed by atoms with van der Waals surface area (Å²) >= 11 is 1.56. The molecule has 0 saturated heterocycles.